The highest BCUT2D eigenvalue weighted by atomic mass is 35.5. The average molecular weight is 217 g/mol. The molecule has 0 bridgehead atoms. The first-order valence-electron chi connectivity index (χ1n) is 4.02. The first kappa shape index (κ1) is 10.9. The Bertz CT molecular complexity index is 355. The van der Waals surface area contributed by atoms with Crippen LogP contribution >= 0.6 is 11.6 Å². The van der Waals surface area contributed by atoms with Gasteiger partial charge in [0.05, 0.1) is 11.1 Å². The van der Waals surface area contributed by atoms with Crippen LogP contribution in [0.2, 0.25) is 5.02 Å². The topological polar surface area (TPSA) is 55.1 Å². The number of hydrogen-bond donors (Lipinski definition) is 2. The number of nitrogens with two attached hydrogens (primary N) is 1. The van der Waals surface area contributed by atoms with E-state index in [1.165, 1.54) is 18.2 Å². The van der Waals surface area contributed by atoms with Gasteiger partial charge in [-0.25, -0.2) is 4.39 Å². The molecule has 0 unspecified atom stereocenters. The Morgan fingerprint density at radius 2 is 2.29 bits per heavy atom. The van der Waals surface area contributed by atoms with Gasteiger partial charge >= 0.3 is 0 Å². The summed E-state index contributed by atoms with van der Waals surface area (Å²) in [5.41, 5.74) is 5.76. The van der Waals surface area contributed by atoms with E-state index in [2.05, 4.69) is 5.32 Å². The molecule has 1 atom stereocenters. The van der Waals surface area contributed by atoms with Gasteiger partial charge in [0.15, 0.2) is 0 Å². The maximum absolute atomic E-state index is 12.7. The lowest BCUT2D eigenvalue weighted by Crippen LogP contribution is -2.32. The van der Waals surface area contributed by atoms with E-state index in [0.29, 0.717) is 5.69 Å². The largest absolute Gasteiger partial charge is 0.325 e. The normalized spacial score (nSPS) is 12.3. The van der Waals surface area contributed by atoms with Crippen LogP contribution in [0, 0.1) is 5.82 Å². The van der Waals surface area contributed by atoms with Gasteiger partial charge < -0.3 is 11.1 Å². The predicted octanol–water partition coefficient (Wildman–Crippen LogP) is 1.76. The smallest absolute Gasteiger partial charge is 0.240 e. The number of halogens is 2. The van der Waals surface area contributed by atoms with Gasteiger partial charge in [-0.15, -0.1) is 0 Å². The van der Waals surface area contributed by atoms with Gasteiger partial charge in [-0.1, -0.05) is 11.6 Å². The number of anilines is 1. The van der Waals surface area contributed by atoms with Gasteiger partial charge in [0.25, 0.3) is 0 Å². The molecule has 1 aromatic carbocycles. The number of carbonyl (C=O) groups excluding carboxylic acids is 1. The molecule has 0 fully saturated rings. The van der Waals surface area contributed by atoms with Crippen molar-refractivity contribution >= 4 is 23.2 Å². The van der Waals surface area contributed by atoms with Crippen LogP contribution < -0.4 is 11.1 Å². The zero-order valence-electron chi connectivity index (χ0n) is 7.55. The highest BCUT2D eigenvalue weighted by molar-refractivity contribution is 6.31. The number of hydrogen-bond acceptors (Lipinski definition) is 2. The van der Waals surface area contributed by atoms with Crippen LogP contribution in [0.4, 0.5) is 10.1 Å². The molecule has 3 N–H and O–H groups in total. The van der Waals surface area contributed by atoms with Crippen molar-refractivity contribution in [3.05, 3.63) is 29.0 Å². The predicted molar refractivity (Wildman–Crippen MR) is 53.7 cm³/mol. The first-order valence-corrected chi connectivity index (χ1v) is 4.40. The molecule has 1 rings (SSSR count). The van der Waals surface area contributed by atoms with Crippen molar-refractivity contribution in [3.63, 3.8) is 0 Å². The second-order valence-electron chi connectivity index (χ2n) is 2.91. The van der Waals surface area contributed by atoms with Crippen molar-refractivity contribution in [1.29, 1.82) is 0 Å². The standard InChI is InChI=1S/C9H10ClFN2O/c1-5(12)9(14)13-6-2-3-8(11)7(10)4-6/h2-5H,12H2,1H3,(H,13,14)/t5-/m0/s1. The van der Waals surface area contributed by atoms with Crippen LogP contribution in [-0.2, 0) is 4.79 Å². The summed E-state index contributed by atoms with van der Waals surface area (Å²) in [6, 6.07) is 3.32. The van der Waals surface area contributed by atoms with Gasteiger partial charge in [-0.05, 0) is 25.1 Å². The van der Waals surface area contributed by atoms with E-state index >= 15 is 0 Å². The fraction of sp³-hybridized carbons (Fsp3) is 0.222. The van der Waals surface area contributed by atoms with Crippen LogP contribution in [-0.4, -0.2) is 11.9 Å². The van der Waals surface area contributed by atoms with Crippen molar-refractivity contribution < 1.29 is 9.18 Å². The summed E-state index contributed by atoms with van der Waals surface area (Å²) in [6.07, 6.45) is 0. The molecule has 0 aromatic heterocycles. The molecular weight excluding hydrogens is 207 g/mol. The van der Waals surface area contributed by atoms with Crippen LogP contribution in [0.25, 0.3) is 0 Å². The third-order valence-electron chi connectivity index (χ3n) is 1.60. The van der Waals surface area contributed by atoms with Crippen molar-refractivity contribution in [2.24, 2.45) is 5.73 Å². The monoisotopic (exact) mass is 216 g/mol. The summed E-state index contributed by atoms with van der Waals surface area (Å²) in [5.74, 6) is -0.863. The molecule has 0 radical (unpaired) electrons. The number of carbonyl (C=O) groups is 1. The molecule has 3 nitrogen and oxygen atoms in total. The Hall–Kier alpha value is -1.13. The summed E-state index contributed by atoms with van der Waals surface area (Å²) >= 11 is 5.52. The molecule has 1 amide bonds. The summed E-state index contributed by atoms with van der Waals surface area (Å²) in [4.78, 5) is 11.1. The van der Waals surface area contributed by atoms with E-state index in [1.54, 1.807) is 6.92 Å². The second-order valence-corrected chi connectivity index (χ2v) is 3.31. The van der Waals surface area contributed by atoms with Gasteiger partial charge in [0.1, 0.15) is 5.82 Å². The quantitative estimate of drug-likeness (QED) is 0.792. The SMILES string of the molecule is C[C@H](N)C(=O)Nc1ccc(F)c(Cl)c1. The van der Waals surface area contributed by atoms with Crippen LogP contribution in [0.5, 0.6) is 0 Å². The molecule has 0 aliphatic carbocycles. The van der Waals surface area contributed by atoms with Gasteiger partial charge in [-0.2, -0.15) is 0 Å². The Morgan fingerprint density at radius 1 is 1.64 bits per heavy atom. The number of rotatable bonds is 2. The molecule has 0 aliphatic heterocycles. The highest BCUT2D eigenvalue weighted by Crippen LogP contribution is 2.19. The molecule has 0 saturated carbocycles. The minimum Gasteiger partial charge on any atom is -0.325 e. The van der Waals surface area contributed by atoms with Crippen molar-refractivity contribution in [2.45, 2.75) is 13.0 Å². The molecule has 0 saturated heterocycles. The van der Waals surface area contributed by atoms with E-state index in [-0.39, 0.29) is 10.9 Å². The second kappa shape index (κ2) is 4.39. The number of benzene rings is 1. The fourth-order valence-corrected chi connectivity index (χ4v) is 1.01. The molecule has 76 valence electrons. The van der Waals surface area contributed by atoms with E-state index in [9.17, 15) is 9.18 Å². The van der Waals surface area contributed by atoms with Gasteiger partial charge in [0, 0.05) is 5.69 Å². The average Bonchev–Trinajstić information content (AvgIpc) is 2.11. The molecule has 0 heterocycles. The third kappa shape index (κ3) is 2.68. The Morgan fingerprint density at radius 3 is 2.79 bits per heavy atom. The van der Waals surface area contributed by atoms with Crippen molar-refractivity contribution in [3.8, 4) is 0 Å². The maximum atomic E-state index is 12.7. The lowest BCUT2D eigenvalue weighted by atomic mass is 10.3. The summed E-state index contributed by atoms with van der Waals surface area (Å²) in [5, 5.41) is 2.46. The minimum absolute atomic E-state index is 0.0347. The Labute approximate surface area is 86.0 Å². The molecular formula is C9H10ClFN2O. The fourth-order valence-electron chi connectivity index (χ4n) is 0.830. The minimum atomic E-state index is -0.612. The number of nitrogens with one attached hydrogen (secondary N) is 1. The van der Waals surface area contributed by atoms with Crippen LogP contribution in [0.1, 0.15) is 6.92 Å². The van der Waals surface area contributed by atoms with Gasteiger partial charge in [0.2, 0.25) is 5.91 Å². The number of amides is 1. The highest BCUT2D eigenvalue weighted by Gasteiger charge is 2.08. The van der Waals surface area contributed by atoms with Crippen molar-refractivity contribution in [1.82, 2.24) is 0 Å². The van der Waals surface area contributed by atoms with E-state index in [1.807, 2.05) is 0 Å². The molecule has 5 heteroatoms. The summed E-state index contributed by atoms with van der Waals surface area (Å²) in [7, 11) is 0. The van der Waals surface area contributed by atoms with E-state index in [0.717, 1.165) is 0 Å². The molecule has 1 aromatic rings. The van der Waals surface area contributed by atoms with Gasteiger partial charge in [-0.3, -0.25) is 4.79 Å². The van der Waals surface area contributed by atoms with Crippen LogP contribution in [0.15, 0.2) is 18.2 Å². The maximum Gasteiger partial charge on any atom is 0.240 e. The van der Waals surface area contributed by atoms with E-state index in [4.69, 9.17) is 17.3 Å². The Balaban J connectivity index is 2.78. The van der Waals surface area contributed by atoms with E-state index < -0.39 is 11.9 Å². The van der Waals surface area contributed by atoms with Crippen molar-refractivity contribution in [2.75, 3.05) is 5.32 Å². The third-order valence-corrected chi connectivity index (χ3v) is 1.89. The first-order chi connectivity index (χ1) is 6.50. The molecule has 14 heavy (non-hydrogen) atoms. The molecule has 0 spiro atoms. The zero-order valence-corrected chi connectivity index (χ0v) is 8.31. The summed E-state index contributed by atoms with van der Waals surface area (Å²) < 4.78 is 12.7. The van der Waals surface area contributed by atoms with Crippen LogP contribution in [0.3, 0.4) is 0 Å². The summed E-state index contributed by atoms with van der Waals surface area (Å²) in [6.45, 7) is 1.56. The lowest BCUT2D eigenvalue weighted by Gasteiger charge is -2.07. The zero-order chi connectivity index (χ0) is 10.7. The lowest BCUT2D eigenvalue weighted by molar-refractivity contribution is -0.117. The molecule has 0 aliphatic rings. The Kier molecular flexibility index (Phi) is 3.43.